The molecule has 0 unspecified atom stereocenters. The van der Waals surface area contributed by atoms with Crippen molar-refractivity contribution >= 4 is 23.6 Å². The standard InChI is InChI=1S/C25H26N2O2S/c1-25-11-10-22(28)27(25)21(14-30-25)24(29)26-13-15-12-20-16-6-2-4-8-18(16)23(15)19-9-5-3-7-17(19)20/h2-9,15,20-21,23H,10-14H2,1H3,(H,26,29)/t15-,20?,21-,23?,25-/m0/s1. The van der Waals surface area contributed by atoms with Crippen molar-refractivity contribution in [1.82, 2.24) is 10.2 Å². The predicted octanol–water partition coefficient (Wildman–Crippen LogP) is 3.85. The van der Waals surface area contributed by atoms with Crippen molar-refractivity contribution in [1.29, 1.82) is 0 Å². The molecule has 2 aromatic carbocycles. The third kappa shape index (κ3) is 2.54. The van der Waals surface area contributed by atoms with Crippen LogP contribution in [0.5, 0.6) is 0 Å². The van der Waals surface area contributed by atoms with Crippen molar-refractivity contribution in [3.05, 3.63) is 70.8 Å². The summed E-state index contributed by atoms with van der Waals surface area (Å²) >= 11 is 1.75. The summed E-state index contributed by atoms with van der Waals surface area (Å²) in [4.78, 5) is 27.1. The summed E-state index contributed by atoms with van der Waals surface area (Å²) in [5, 5.41) is 3.25. The Kier molecular flexibility index (Phi) is 4.08. The van der Waals surface area contributed by atoms with Crippen LogP contribution < -0.4 is 5.32 Å². The average Bonchev–Trinajstić information content (AvgIpc) is 3.27. The van der Waals surface area contributed by atoms with Gasteiger partial charge in [-0.25, -0.2) is 0 Å². The highest BCUT2D eigenvalue weighted by molar-refractivity contribution is 8.01. The van der Waals surface area contributed by atoms with Crippen LogP contribution in [0.2, 0.25) is 0 Å². The summed E-state index contributed by atoms with van der Waals surface area (Å²) in [6.45, 7) is 2.77. The Morgan fingerprint density at radius 1 is 1.10 bits per heavy atom. The van der Waals surface area contributed by atoms with Crippen LogP contribution in [0.4, 0.5) is 0 Å². The van der Waals surface area contributed by atoms with Crippen LogP contribution in [0.1, 0.15) is 60.3 Å². The minimum absolute atomic E-state index is 0.0180. The topological polar surface area (TPSA) is 49.4 Å². The van der Waals surface area contributed by atoms with Crippen LogP contribution in [-0.4, -0.2) is 39.9 Å². The molecule has 2 amide bonds. The van der Waals surface area contributed by atoms with E-state index in [0.717, 1.165) is 12.8 Å². The van der Waals surface area contributed by atoms with Gasteiger partial charge in [-0.05, 0) is 47.9 Å². The Morgan fingerprint density at radius 2 is 1.73 bits per heavy atom. The van der Waals surface area contributed by atoms with Gasteiger partial charge in [0, 0.05) is 30.6 Å². The Balaban J connectivity index is 1.24. The van der Waals surface area contributed by atoms with Crippen LogP contribution in [0.15, 0.2) is 48.5 Å². The number of carbonyl (C=O) groups excluding carboxylic acids is 2. The molecule has 4 nitrogen and oxygen atoms in total. The second-order valence-corrected chi connectivity index (χ2v) is 10.8. The number of hydrogen-bond acceptors (Lipinski definition) is 3. The molecule has 2 aromatic rings. The Bertz CT molecular complexity index is 1010. The van der Waals surface area contributed by atoms with E-state index in [9.17, 15) is 9.59 Å². The zero-order valence-corrected chi connectivity index (χ0v) is 18.0. The number of fused-ring (bicyclic) bond motifs is 2. The highest BCUT2D eigenvalue weighted by atomic mass is 32.2. The van der Waals surface area contributed by atoms with Gasteiger partial charge in [0.05, 0.1) is 4.87 Å². The van der Waals surface area contributed by atoms with Crippen LogP contribution >= 0.6 is 11.8 Å². The third-order valence-corrected chi connectivity index (χ3v) is 9.21. The van der Waals surface area contributed by atoms with E-state index in [1.54, 1.807) is 11.8 Å². The molecule has 0 saturated carbocycles. The lowest BCUT2D eigenvalue weighted by atomic mass is 9.59. The first-order valence-electron chi connectivity index (χ1n) is 11.0. The van der Waals surface area contributed by atoms with Crippen molar-refractivity contribution in [2.45, 2.75) is 48.9 Å². The van der Waals surface area contributed by atoms with Crippen molar-refractivity contribution < 1.29 is 9.59 Å². The fraction of sp³-hybridized carbons (Fsp3) is 0.440. The normalized spacial score (nSPS) is 33.2. The maximum absolute atomic E-state index is 13.1. The van der Waals surface area contributed by atoms with Crippen LogP contribution in [-0.2, 0) is 9.59 Å². The minimum Gasteiger partial charge on any atom is -0.354 e. The first kappa shape index (κ1) is 18.5. The lowest BCUT2D eigenvalue weighted by Gasteiger charge is -2.45. The molecule has 7 rings (SSSR count). The van der Waals surface area contributed by atoms with E-state index in [2.05, 4.69) is 60.8 Å². The monoisotopic (exact) mass is 418 g/mol. The molecule has 3 aliphatic carbocycles. The van der Waals surface area contributed by atoms with Gasteiger partial charge in [0.1, 0.15) is 6.04 Å². The summed E-state index contributed by atoms with van der Waals surface area (Å²) in [5.41, 5.74) is 5.75. The zero-order valence-electron chi connectivity index (χ0n) is 17.1. The summed E-state index contributed by atoms with van der Waals surface area (Å²) in [5.74, 6) is 1.98. The second kappa shape index (κ2) is 6.61. The summed E-state index contributed by atoms with van der Waals surface area (Å²) in [7, 11) is 0. The Labute approximate surface area is 181 Å². The highest BCUT2D eigenvalue weighted by Crippen LogP contribution is 2.55. The SMILES string of the molecule is C[C@]12CCC(=O)N1[C@H](C(=O)NC[C@@H]1CC3c4ccccc4C1c1ccccc13)CS2. The fourth-order valence-corrected chi connectivity index (χ4v) is 7.76. The molecule has 0 spiro atoms. The number of nitrogens with one attached hydrogen (secondary N) is 1. The number of hydrogen-bond donors (Lipinski definition) is 1. The van der Waals surface area contributed by atoms with Gasteiger partial charge in [-0.1, -0.05) is 48.5 Å². The summed E-state index contributed by atoms with van der Waals surface area (Å²) < 4.78 is 0. The maximum atomic E-state index is 13.1. The molecule has 0 aromatic heterocycles. The van der Waals surface area contributed by atoms with Gasteiger partial charge in [-0.15, -0.1) is 11.8 Å². The summed E-state index contributed by atoms with van der Waals surface area (Å²) in [6, 6.07) is 17.3. The van der Waals surface area contributed by atoms with Crippen molar-refractivity contribution in [2.24, 2.45) is 5.92 Å². The average molecular weight is 419 g/mol. The number of thioether (sulfide) groups is 1. The van der Waals surface area contributed by atoms with E-state index in [-0.39, 0.29) is 22.7 Å². The van der Waals surface area contributed by atoms with E-state index in [0.29, 0.717) is 36.5 Å². The van der Waals surface area contributed by atoms with Gasteiger partial charge in [0.2, 0.25) is 11.8 Å². The molecule has 154 valence electrons. The van der Waals surface area contributed by atoms with E-state index in [4.69, 9.17) is 0 Å². The lowest BCUT2D eigenvalue weighted by molar-refractivity contribution is -0.138. The number of carbonyl (C=O) groups is 2. The van der Waals surface area contributed by atoms with Crippen molar-refractivity contribution in [2.75, 3.05) is 12.3 Å². The molecule has 2 fully saturated rings. The molecule has 2 saturated heterocycles. The Hall–Kier alpha value is -2.27. The number of nitrogens with zero attached hydrogens (tertiary/aromatic N) is 1. The molecular formula is C25H26N2O2S. The highest BCUT2D eigenvalue weighted by Gasteiger charge is 2.53. The fourth-order valence-electron chi connectivity index (χ4n) is 6.32. The molecule has 30 heavy (non-hydrogen) atoms. The van der Waals surface area contributed by atoms with Crippen molar-refractivity contribution in [3.8, 4) is 0 Å². The lowest BCUT2D eigenvalue weighted by Crippen LogP contribution is -2.51. The quantitative estimate of drug-likeness (QED) is 0.824. The van der Waals surface area contributed by atoms with E-state index in [1.165, 1.54) is 22.3 Å². The zero-order chi connectivity index (χ0) is 20.5. The van der Waals surface area contributed by atoms with Crippen LogP contribution in [0, 0.1) is 5.92 Å². The van der Waals surface area contributed by atoms with Gasteiger partial charge in [-0.2, -0.15) is 0 Å². The van der Waals surface area contributed by atoms with Crippen LogP contribution in [0.3, 0.4) is 0 Å². The molecule has 0 radical (unpaired) electrons. The molecule has 1 N–H and O–H groups in total. The van der Waals surface area contributed by atoms with Gasteiger partial charge in [0.25, 0.3) is 0 Å². The van der Waals surface area contributed by atoms with Gasteiger partial charge < -0.3 is 10.2 Å². The number of benzene rings is 2. The van der Waals surface area contributed by atoms with Crippen molar-refractivity contribution in [3.63, 3.8) is 0 Å². The largest absolute Gasteiger partial charge is 0.354 e. The van der Waals surface area contributed by atoms with Gasteiger partial charge in [-0.3, -0.25) is 9.59 Å². The number of rotatable bonds is 3. The molecule has 2 aliphatic heterocycles. The first-order chi connectivity index (χ1) is 14.6. The third-order valence-electron chi connectivity index (χ3n) is 7.71. The maximum Gasteiger partial charge on any atom is 0.243 e. The predicted molar refractivity (Wildman–Crippen MR) is 118 cm³/mol. The molecule has 3 atom stereocenters. The van der Waals surface area contributed by atoms with E-state index in [1.807, 2.05) is 4.90 Å². The summed E-state index contributed by atoms with van der Waals surface area (Å²) in [6.07, 6.45) is 2.48. The van der Waals surface area contributed by atoms with Gasteiger partial charge >= 0.3 is 0 Å². The van der Waals surface area contributed by atoms with Crippen LogP contribution in [0.25, 0.3) is 0 Å². The van der Waals surface area contributed by atoms with E-state index < -0.39 is 0 Å². The second-order valence-electron chi connectivity index (χ2n) is 9.29. The first-order valence-corrected chi connectivity index (χ1v) is 12.0. The molecular weight excluding hydrogens is 392 g/mol. The van der Waals surface area contributed by atoms with E-state index >= 15 is 0 Å². The molecule has 2 heterocycles. The van der Waals surface area contributed by atoms with Gasteiger partial charge in [0.15, 0.2) is 0 Å². The number of amides is 2. The molecule has 2 bridgehead atoms. The molecule has 5 heteroatoms. The minimum atomic E-state index is -0.324. The Morgan fingerprint density at radius 3 is 2.40 bits per heavy atom. The smallest absolute Gasteiger partial charge is 0.243 e. The molecule has 5 aliphatic rings.